The number of benzene rings is 3. The lowest BCUT2D eigenvalue weighted by molar-refractivity contribution is -0.120. The van der Waals surface area contributed by atoms with Crippen LogP contribution >= 0.6 is 0 Å². The zero-order valence-corrected chi connectivity index (χ0v) is 15.4. The van der Waals surface area contributed by atoms with Crippen molar-refractivity contribution >= 4 is 33.3 Å². The molecule has 0 bridgehead atoms. The Labute approximate surface area is 161 Å². The highest BCUT2D eigenvalue weighted by molar-refractivity contribution is 5.95. The highest BCUT2D eigenvalue weighted by Gasteiger charge is 2.15. The number of ether oxygens (including phenoxy) is 1. The van der Waals surface area contributed by atoms with Gasteiger partial charge < -0.3 is 14.4 Å². The van der Waals surface area contributed by atoms with Gasteiger partial charge in [0.05, 0.1) is 5.52 Å². The number of amides is 1. The Bertz CT molecular complexity index is 1190. The summed E-state index contributed by atoms with van der Waals surface area (Å²) < 4.78 is 7.26. The van der Waals surface area contributed by atoms with E-state index in [9.17, 15) is 9.90 Å². The Morgan fingerprint density at radius 1 is 1.04 bits per heavy atom. The normalized spacial score (nSPS) is 11.5. The summed E-state index contributed by atoms with van der Waals surface area (Å²) in [6, 6.07) is 21.0. The summed E-state index contributed by atoms with van der Waals surface area (Å²) in [6.45, 7) is 2.28. The van der Waals surface area contributed by atoms with E-state index in [0.717, 1.165) is 21.7 Å². The van der Waals surface area contributed by atoms with Crippen LogP contribution < -0.4 is 4.74 Å². The van der Waals surface area contributed by atoms with Crippen LogP contribution in [-0.4, -0.2) is 22.2 Å². The Kier molecular flexibility index (Phi) is 4.76. The third-order valence-electron chi connectivity index (χ3n) is 4.58. The molecule has 1 N–H and O–H groups in total. The summed E-state index contributed by atoms with van der Waals surface area (Å²) in [5.41, 5.74) is 1.13. The second kappa shape index (κ2) is 7.52. The lowest BCUT2D eigenvalue weighted by Gasteiger charge is -2.04. The predicted octanol–water partition coefficient (Wildman–Crippen LogP) is 5.21. The van der Waals surface area contributed by atoms with E-state index in [4.69, 9.17) is 4.74 Å². The standard InChI is InChI=1S/C22H19N3O3/c1-2-25-19-10-6-5-9-18(19)21(22(25)27)24-23-20(26)14-28-17-12-11-15-7-3-4-8-16(15)13-17/h3-13,27H,2,14H2,1H3. The van der Waals surface area contributed by atoms with E-state index in [2.05, 4.69) is 10.2 Å². The second-order valence-corrected chi connectivity index (χ2v) is 6.32. The Balaban J connectivity index is 1.50. The van der Waals surface area contributed by atoms with Crippen molar-refractivity contribution in [3.63, 3.8) is 0 Å². The molecule has 0 saturated carbocycles. The average molecular weight is 373 g/mol. The van der Waals surface area contributed by atoms with Gasteiger partial charge in [-0.25, -0.2) is 0 Å². The van der Waals surface area contributed by atoms with Crippen molar-refractivity contribution < 1.29 is 14.6 Å². The lowest BCUT2D eigenvalue weighted by Crippen LogP contribution is -2.07. The zero-order chi connectivity index (χ0) is 19.5. The third-order valence-corrected chi connectivity index (χ3v) is 4.58. The summed E-state index contributed by atoms with van der Waals surface area (Å²) in [4.78, 5) is 12.1. The Morgan fingerprint density at radius 3 is 2.61 bits per heavy atom. The smallest absolute Gasteiger partial charge is 0.302 e. The molecule has 0 aliphatic heterocycles. The van der Waals surface area contributed by atoms with Gasteiger partial charge in [0, 0.05) is 11.9 Å². The van der Waals surface area contributed by atoms with Crippen LogP contribution in [0.15, 0.2) is 77.0 Å². The molecule has 3 aromatic carbocycles. The van der Waals surface area contributed by atoms with Crippen LogP contribution in [0.4, 0.5) is 5.69 Å². The van der Waals surface area contributed by atoms with Crippen molar-refractivity contribution in [2.24, 2.45) is 10.2 Å². The average Bonchev–Trinajstić information content (AvgIpc) is 3.01. The van der Waals surface area contributed by atoms with E-state index in [1.54, 1.807) is 4.57 Å². The number of aryl methyl sites for hydroxylation is 1. The first kappa shape index (κ1) is 17.7. The van der Waals surface area contributed by atoms with Gasteiger partial charge in [-0.15, -0.1) is 10.2 Å². The molecule has 1 amide bonds. The molecule has 0 saturated heterocycles. The quantitative estimate of drug-likeness (QED) is 0.488. The largest absolute Gasteiger partial charge is 0.493 e. The molecule has 4 aromatic rings. The first-order valence-corrected chi connectivity index (χ1v) is 9.03. The van der Waals surface area contributed by atoms with Crippen LogP contribution in [0.3, 0.4) is 0 Å². The molecular formula is C22H19N3O3. The second-order valence-electron chi connectivity index (χ2n) is 6.32. The maximum absolute atomic E-state index is 12.1. The fraction of sp³-hybridized carbons (Fsp3) is 0.136. The molecule has 0 radical (unpaired) electrons. The molecule has 0 spiro atoms. The number of aromatic hydroxyl groups is 1. The van der Waals surface area contributed by atoms with E-state index < -0.39 is 5.91 Å². The molecular weight excluding hydrogens is 354 g/mol. The number of carbonyl (C=O) groups excluding carboxylic acids is 1. The lowest BCUT2D eigenvalue weighted by atomic mass is 10.1. The van der Waals surface area contributed by atoms with E-state index >= 15 is 0 Å². The Morgan fingerprint density at radius 2 is 1.79 bits per heavy atom. The van der Waals surface area contributed by atoms with Gasteiger partial charge >= 0.3 is 5.91 Å². The molecule has 28 heavy (non-hydrogen) atoms. The molecule has 0 atom stereocenters. The van der Waals surface area contributed by atoms with Gasteiger partial charge in [0.25, 0.3) is 0 Å². The molecule has 0 unspecified atom stereocenters. The number of para-hydroxylation sites is 1. The number of nitrogens with zero attached hydrogens (tertiary/aromatic N) is 3. The summed E-state index contributed by atoms with van der Waals surface area (Å²) in [5.74, 6) is 0.0595. The number of carbonyl (C=O) groups is 1. The first-order valence-electron chi connectivity index (χ1n) is 9.03. The van der Waals surface area contributed by atoms with Crippen molar-refractivity contribution in [3.05, 3.63) is 66.7 Å². The van der Waals surface area contributed by atoms with Gasteiger partial charge in [0.15, 0.2) is 12.3 Å². The van der Waals surface area contributed by atoms with Crippen molar-refractivity contribution in [2.75, 3.05) is 6.61 Å². The van der Waals surface area contributed by atoms with E-state index in [1.165, 1.54) is 0 Å². The van der Waals surface area contributed by atoms with Crippen molar-refractivity contribution in [3.8, 4) is 11.6 Å². The maximum atomic E-state index is 12.1. The molecule has 6 heteroatoms. The van der Waals surface area contributed by atoms with E-state index in [1.807, 2.05) is 73.7 Å². The molecule has 1 aromatic heterocycles. The maximum Gasteiger partial charge on any atom is 0.302 e. The van der Waals surface area contributed by atoms with Crippen LogP contribution in [0, 0.1) is 0 Å². The van der Waals surface area contributed by atoms with Gasteiger partial charge in [0.2, 0.25) is 5.88 Å². The minimum absolute atomic E-state index is 0.00398. The number of fused-ring (bicyclic) bond motifs is 2. The molecule has 0 aliphatic rings. The first-order chi connectivity index (χ1) is 13.7. The minimum atomic E-state index is -0.527. The van der Waals surface area contributed by atoms with Gasteiger partial charge in [-0.2, -0.15) is 0 Å². The van der Waals surface area contributed by atoms with Crippen LogP contribution in [-0.2, 0) is 11.3 Å². The highest BCUT2D eigenvalue weighted by Crippen LogP contribution is 2.38. The summed E-state index contributed by atoms with van der Waals surface area (Å²) in [6.07, 6.45) is 0. The van der Waals surface area contributed by atoms with Crippen LogP contribution in [0.25, 0.3) is 21.7 Å². The minimum Gasteiger partial charge on any atom is -0.493 e. The van der Waals surface area contributed by atoms with Gasteiger partial charge in [-0.1, -0.05) is 48.5 Å². The third kappa shape index (κ3) is 3.32. The number of hydrogen-bond donors (Lipinski definition) is 1. The number of hydrogen-bond acceptors (Lipinski definition) is 4. The Hall–Kier alpha value is -3.67. The molecule has 4 rings (SSSR count). The predicted molar refractivity (Wildman–Crippen MR) is 108 cm³/mol. The fourth-order valence-electron chi connectivity index (χ4n) is 3.23. The van der Waals surface area contributed by atoms with Crippen LogP contribution in [0.2, 0.25) is 0 Å². The van der Waals surface area contributed by atoms with E-state index in [0.29, 0.717) is 12.3 Å². The topological polar surface area (TPSA) is 76.2 Å². The summed E-state index contributed by atoms with van der Waals surface area (Å²) >= 11 is 0. The van der Waals surface area contributed by atoms with Crippen LogP contribution in [0.1, 0.15) is 6.92 Å². The number of rotatable bonds is 5. The van der Waals surface area contributed by atoms with Gasteiger partial charge in [0.1, 0.15) is 5.75 Å². The zero-order valence-electron chi connectivity index (χ0n) is 15.4. The van der Waals surface area contributed by atoms with Gasteiger partial charge in [-0.3, -0.25) is 4.79 Å². The molecule has 0 fully saturated rings. The molecule has 6 nitrogen and oxygen atoms in total. The fourth-order valence-corrected chi connectivity index (χ4v) is 3.23. The number of azo groups is 1. The van der Waals surface area contributed by atoms with Crippen molar-refractivity contribution in [2.45, 2.75) is 13.5 Å². The SMILES string of the molecule is CCn1c(O)c(N=NC(=O)COc2ccc3ccccc3c2)c2ccccc21. The molecule has 0 aliphatic carbocycles. The van der Waals surface area contributed by atoms with Gasteiger partial charge in [-0.05, 0) is 35.9 Å². The van der Waals surface area contributed by atoms with Crippen LogP contribution in [0.5, 0.6) is 11.6 Å². The number of aromatic nitrogens is 1. The molecule has 140 valence electrons. The summed E-state index contributed by atoms with van der Waals surface area (Å²) in [5, 5.41) is 21.0. The highest BCUT2D eigenvalue weighted by atomic mass is 16.5. The molecule has 1 heterocycles. The monoisotopic (exact) mass is 373 g/mol. The van der Waals surface area contributed by atoms with Crippen molar-refractivity contribution in [1.29, 1.82) is 0 Å². The summed E-state index contributed by atoms with van der Waals surface area (Å²) in [7, 11) is 0. The van der Waals surface area contributed by atoms with E-state index in [-0.39, 0.29) is 18.2 Å². The van der Waals surface area contributed by atoms with Crippen molar-refractivity contribution in [1.82, 2.24) is 4.57 Å².